The summed E-state index contributed by atoms with van der Waals surface area (Å²) in [4.78, 5) is 15.6. The van der Waals surface area contributed by atoms with E-state index in [4.69, 9.17) is 10.5 Å². The van der Waals surface area contributed by atoms with Crippen LogP contribution in [-0.2, 0) is 4.79 Å². The first kappa shape index (κ1) is 14.1. The number of anilines is 2. The number of nitrogens with one attached hydrogen (secondary N) is 2. The van der Waals surface area contributed by atoms with Crippen molar-refractivity contribution in [2.24, 2.45) is 0 Å². The van der Waals surface area contributed by atoms with Crippen molar-refractivity contribution in [3.63, 3.8) is 0 Å². The maximum atomic E-state index is 11.4. The Labute approximate surface area is 107 Å². The van der Waals surface area contributed by atoms with Gasteiger partial charge in [0.2, 0.25) is 11.8 Å². The molecule has 0 fully saturated rings. The fourth-order valence-electron chi connectivity index (χ4n) is 1.35. The number of aromatic nitrogens is 1. The van der Waals surface area contributed by atoms with Gasteiger partial charge in [-0.15, -0.1) is 0 Å². The number of nitrogens with zero attached hydrogens (tertiary/aromatic N) is 1. The first-order valence-corrected chi connectivity index (χ1v) is 5.95. The standard InChI is InChI=1S/C12H20N4O2/c1-4-18-12-9(13)5-6-10(16-12)14-7-11(17)15-8(2)3/h5-6,8H,4,7,13H2,1-3H3,(H,14,16)(H,15,17). The summed E-state index contributed by atoms with van der Waals surface area (Å²) in [6.07, 6.45) is 0. The van der Waals surface area contributed by atoms with Gasteiger partial charge < -0.3 is 21.1 Å². The van der Waals surface area contributed by atoms with Gasteiger partial charge in [-0.3, -0.25) is 4.79 Å². The van der Waals surface area contributed by atoms with E-state index in [9.17, 15) is 4.79 Å². The molecule has 0 bridgehead atoms. The first-order valence-electron chi connectivity index (χ1n) is 5.95. The molecule has 0 aliphatic carbocycles. The maximum absolute atomic E-state index is 11.4. The summed E-state index contributed by atoms with van der Waals surface area (Å²) in [5.41, 5.74) is 6.18. The van der Waals surface area contributed by atoms with Crippen molar-refractivity contribution in [3.05, 3.63) is 12.1 Å². The number of amides is 1. The Morgan fingerprint density at radius 2 is 2.22 bits per heavy atom. The van der Waals surface area contributed by atoms with Gasteiger partial charge in [-0.2, -0.15) is 4.98 Å². The van der Waals surface area contributed by atoms with Crippen LogP contribution in [-0.4, -0.2) is 30.1 Å². The Balaban J connectivity index is 2.57. The summed E-state index contributed by atoms with van der Waals surface area (Å²) < 4.78 is 5.27. The zero-order valence-electron chi connectivity index (χ0n) is 11.0. The number of pyridine rings is 1. The van der Waals surface area contributed by atoms with Gasteiger partial charge >= 0.3 is 0 Å². The van der Waals surface area contributed by atoms with E-state index in [0.29, 0.717) is 24.0 Å². The molecule has 0 aromatic carbocycles. The largest absolute Gasteiger partial charge is 0.476 e. The van der Waals surface area contributed by atoms with Crippen molar-refractivity contribution in [3.8, 4) is 5.88 Å². The second-order valence-corrected chi connectivity index (χ2v) is 4.10. The van der Waals surface area contributed by atoms with Crippen LogP contribution in [0.2, 0.25) is 0 Å². The number of rotatable bonds is 6. The van der Waals surface area contributed by atoms with Gasteiger partial charge in [-0.05, 0) is 32.9 Å². The lowest BCUT2D eigenvalue weighted by molar-refractivity contribution is -0.119. The number of ether oxygens (including phenoxy) is 1. The van der Waals surface area contributed by atoms with Gasteiger partial charge in [-0.1, -0.05) is 0 Å². The molecule has 0 unspecified atom stereocenters. The van der Waals surface area contributed by atoms with Crippen LogP contribution < -0.4 is 21.1 Å². The predicted molar refractivity (Wildman–Crippen MR) is 71.6 cm³/mol. The molecule has 4 N–H and O–H groups in total. The minimum Gasteiger partial charge on any atom is -0.476 e. The highest BCUT2D eigenvalue weighted by Gasteiger charge is 2.06. The molecule has 0 aliphatic heterocycles. The van der Waals surface area contributed by atoms with Crippen molar-refractivity contribution in [1.82, 2.24) is 10.3 Å². The molecular formula is C12H20N4O2. The van der Waals surface area contributed by atoms with E-state index in [2.05, 4.69) is 15.6 Å². The predicted octanol–water partition coefficient (Wildman–Crippen LogP) is 0.999. The van der Waals surface area contributed by atoms with Crippen LogP contribution >= 0.6 is 0 Å². The lowest BCUT2D eigenvalue weighted by Gasteiger charge is -2.11. The first-order chi connectivity index (χ1) is 8.52. The van der Waals surface area contributed by atoms with Crippen LogP contribution in [0, 0.1) is 0 Å². The smallest absolute Gasteiger partial charge is 0.239 e. The van der Waals surface area contributed by atoms with Crippen LogP contribution in [0.25, 0.3) is 0 Å². The molecule has 0 saturated carbocycles. The second-order valence-electron chi connectivity index (χ2n) is 4.10. The minimum atomic E-state index is -0.0819. The van der Waals surface area contributed by atoms with Crippen LogP contribution in [0.5, 0.6) is 5.88 Å². The molecule has 0 spiro atoms. The van der Waals surface area contributed by atoms with Gasteiger partial charge in [0, 0.05) is 6.04 Å². The van der Waals surface area contributed by atoms with Crippen LogP contribution in [0.1, 0.15) is 20.8 Å². The fraction of sp³-hybridized carbons (Fsp3) is 0.500. The Bertz CT molecular complexity index is 407. The van der Waals surface area contributed by atoms with E-state index in [1.54, 1.807) is 12.1 Å². The Hall–Kier alpha value is -1.98. The van der Waals surface area contributed by atoms with Gasteiger partial charge in [0.05, 0.1) is 18.8 Å². The fourth-order valence-corrected chi connectivity index (χ4v) is 1.35. The average Bonchev–Trinajstić information content (AvgIpc) is 2.29. The lowest BCUT2D eigenvalue weighted by atomic mass is 10.3. The zero-order valence-corrected chi connectivity index (χ0v) is 11.0. The van der Waals surface area contributed by atoms with Gasteiger partial charge in [0.15, 0.2) is 0 Å². The molecular weight excluding hydrogens is 232 g/mol. The SMILES string of the molecule is CCOc1nc(NCC(=O)NC(C)C)ccc1N. The monoisotopic (exact) mass is 252 g/mol. The molecule has 0 atom stereocenters. The summed E-state index contributed by atoms with van der Waals surface area (Å²) in [5, 5.41) is 5.70. The summed E-state index contributed by atoms with van der Waals surface area (Å²) in [7, 11) is 0. The molecule has 0 saturated heterocycles. The third-order valence-corrected chi connectivity index (χ3v) is 2.05. The minimum absolute atomic E-state index is 0.0819. The number of hydrogen-bond acceptors (Lipinski definition) is 5. The van der Waals surface area contributed by atoms with Crippen molar-refractivity contribution >= 4 is 17.4 Å². The highest BCUT2D eigenvalue weighted by Crippen LogP contribution is 2.20. The molecule has 100 valence electrons. The van der Waals surface area contributed by atoms with Crippen molar-refractivity contribution in [2.75, 3.05) is 24.2 Å². The third kappa shape index (κ3) is 4.48. The number of hydrogen-bond donors (Lipinski definition) is 3. The number of carbonyl (C=O) groups is 1. The normalized spacial score (nSPS) is 10.2. The average molecular weight is 252 g/mol. The van der Waals surface area contributed by atoms with Crippen LogP contribution in [0.15, 0.2) is 12.1 Å². The molecule has 1 aromatic rings. The Kier molecular flexibility index (Phi) is 5.23. The number of carbonyl (C=O) groups excluding carboxylic acids is 1. The second kappa shape index (κ2) is 6.68. The molecule has 6 nitrogen and oxygen atoms in total. The lowest BCUT2D eigenvalue weighted by Crippen LogP contribution is -2.34. The van der Waals surface area contributed by atoms with Crippen molar-refractivity contribution in [1.29, 1.82) is 0 Å². The Morgan fingerprint density at radius 1 is 1.50 bits per heavy atom. The molecule has 1 rings (SSSR count). The molecule has 18 heavy (non-hydrogen) atoms. The number of nitrogen functional groups attached to an aromatic ring is 1. The van der Waals surface area contributed by atoms with Crippen LogP contribution in [0.3, 0.4) is 0 Å². The molecule has 1 heterocycles. The maximum Gasteiger partial charge on any atom is 0.239 e. The highest BCUT2D eigenvalue weighted by molar-refractivity contribution is 5.80. The van der Waals surface area contributed by atoms with Gasteiger partial charge in [-0.25, -0.2) is 0 Å². The molecule has 0 radical (unpaired) electrons. The van der Waals surface area contributed by atoms with Crippen molar-refractivity contribution < 1.29 is 9.53 Å². The zero-order chi connectivity index (χ0) is 13.5. The third-order valence-electron chi connectivity index (χ3n) is 2.05. The van der Waals surface area contributed by atoms with E-state index in [1.165, 1.54) is 0 Å². The van der Waals surface area contributed by atoms with E-state index in [-0.39, 0.29) is 18.5 Å². The summed E-state index contributed by atoms with van der Waals surface area (Å²) in [6.45, 7) is 6.34. The molecule has 0 aliphatic rings. The van der Waals surface area contributed by atoms with E-state index in [0.717, 1.165) is 0 Å². The molecule has 1 amide bonds. The summed E-state index contributed by atoms with van der Waals surface area (Å²) >= 11 is 0. The topological polar surface area (TPSA) is 89.3 Å². The van der Waals surface area contributed by atoms with E-state index in [1.807, 2.05) is 20.8 Å². The van der Waals surface area contributed by atoms with Crippen molar-refractivity contribution in [2.45, 2.75) is 26.8 Å². The van der Waals surface area contributed by atoms with E-state index < -0.39 is 0 Å². The van der Waals surface area contributed by atoms with Gasteiger partial charge in [0.1, 0.15) is 5.82 Å². The Morgan fingerprint density at radius 3 is 2.83 bits per heavy atom. The molecule has 6 heteroatoms. The number of nitrogens with two attached hydrogens (primary N) is 1. The molecule has 1 aromatic heterocycles. The van der Waals surface area contributed by atoms with Gasteiger partial charge in [0.25, 0.3) is 0 Å². The highest BCUT2D eigenvalue weighted by atomic mass is 16.5. The summed E-state index contributed by atoms with van der Waals surface area (Å²) in [5.74, 6) is 0.861. The summed E-state index contributed by atoms with van der Waals surface area (Å²) in [6, 6.07) is 3.53. The van der Waals surface area contributed by atoms with Crippen LogP contribution in [0.4, 0.5) is 11.5 Å². The van der Waals surface area contributed by atoms with E-state index >= 15 is 0 Å². The quantitative estimate of drug-likeness (QED) is 0.702.